The van der Waals surface area contributed by atoms with Crippen molar-refractivity contribution >= 4 is 5.97 Å². The maximum Gasteiger partial charge on any atom is 0.345 e. The molecule has 2 rings (SSSR count). The number of pyridine rings is 1. The number of hydrogen-bond donors (Lipinski definition) is 3. The van der Waals surface area contributed by atoms with Gasteiger partial charge >= 0.3 is 5.97 Å². The number of aromatic hydroxyl groups is 1. The molecule has 80 valence electrons. The second-order valence-electron chi connectivity index (χ2n) is 3.24. The molecule has 1 aliphatic heterocycles. The SMILES string of the molecule is O=C(O)c1c(O)c2c([nH]c1=O)COCC2. The zero-order chi connectivity index (χ0) is 11.0. The number of carboxylic acids is 1. The van der Waals surface area contributed by atoms with Gasteiger partial charge in [0, 0.05) is 12.0 Å². The number of ether oxygens (including phenoxy) is 1. The highest BCUT2D eigenvalue weighted by Crippen LogP contribution is 2.25. The molecule has 15 heavy (non-hydrogen) atoms. The Morgan fingerprint density at radius 1 is 1.47 bits per heavy atom. The van der Waals surface area contributed by atoms with E-state index >= 15 is 0 Å². The van der Waals surface area contributed by atoms with Crippen molar-refractivity contribution in [2.24, 2.45) is 0 Å². The molecule has 0 aromatic carbocycles. The molecule has 0 aliphatic carbocycles. The number of aromatic nitrogens is 1. The number of carboxylic acid groups (broad SMARTS) is 1. The van der Waals surface area contributed by atoms with Crippen LogP contribution in [0.3, 0.4) is 0 Å². The summed E-state index contributed by atoms with van der Waals surface area (Å²) in [5.41, 5.74) is -0.494. The smallest absolute Gasteiger partial charge is 0.345 e. The van der Waals surface area contributed by atoms with Gasteiger partial charge in [-0.1, -0.05) is 0 Å². The highest BCUT2D eigenvalue weighted by Gasteiger charge is 2.23. The minimum Gasteiger partial charge on any atom is -0.506 e. The first kappa shape index (κ1) is 9.72. The molecule has 2 heterocycles. The third-order valence-corrected chi connectivity index (χ3v) is 2.34. The van der Waals surface area contributed by atoms with Crippen molar-refractivity contribution in [1.82, 2.24) is 4.98 Å². The molecule has 0 amide bonds. The predicted molar refractivity (Wildman–Crippen MR) is 49.0 cm³/mol. The molecular weight excluding hydrogens is 202 g/mol. The van der Waals surface area contributed by atoms with Crippen LogP contribution in [0.2, 0.25) is 0 Å². The van der Waals surface area contributed by atoms with E-state index in [-0.39, 0.29) is 6.61 Å². The summed E-state index contributed by atoms with van der Waals surface area (Å²) >= 11 is 0. The number of aromatic carboxylic acids is 1. The van der Waals surface area contributed by atoms with Crippen molar-refractivity contribution in [2.75, 3.05) is 6.61 Å². The highest BCUT2D eigenvalue weighted by molar-refractivity contribution is 5.90. The molecule has 1 aliphatic rings. The molecule has 3 N–H and O–H groups in total. The molecule has 0 radical (unpaired) electrons. The van der Waals surface area contributed by atoms with E-state index in [2.05, 4.69) is 4.98 Å². The fraction of sp³-hybridized carbons (Fsp3) is 0.333. The van der Waals surface area contributed by atoms with Crippen LogP contribution < -0.4 is 5.56 Å². The molecule has 1 aromatic rings. The monoisotopic (exact) mass is 211 g/mol. The molecular formula is C9H9NO5. The molecule has 6 heteroatoms. The van der Waals surface area contributed by atoms with Crippen LogP contribution in [0.1, 0.15) is 21.6 Å². The number of rotatable bonds is 1. The number of aromatic amines is 1. The van der Waals surface area contributed by atoms with E-state index in [0.717, 1.165) is 0 Å². The lowest BCUT2D eigenvalue weighted by atomic mass is 10.0. The van der Waals surface area contributed by atoms with E-state index < -0.39 is 22.8 Å². The first-order valence-corrected chi connectivity index (χ1v) is 4.39. The Morgan fingerprint density at radius 3 is 2.87 bits per heavy atom. The number of fused-ring (bicyclic) bond motifs is 1. The standard InChI is InChI=1S/C9H9NO5/c11-7-4-1-2-15-3-5(4)10-8(12)6(7)9(13)14/h1-3H2,(H,13,14)(H2,10,11,12). The number of hydrogen-bond acceptors (Lipinski definition) is 4. The Morgan fingerprint density at radius 2 is 2.20 bits per heavy atom. The fourth-order valence-electron chi connectivity index (χ4n) is 1.62. The van der Waals surface area contributed by atoms with Crippen LogP contribution in [0.4, 0.5) is 0 Å². The van der Waals surface area contributed by atoms with Gasteiger partial charge in [-0.2, -0.15) is 0 Å². The number of carbonyl (C=O) groups is 1. The van der Waals surface area contributed by atoms with Crippen LogP contribution in [0.15, 0.2) is 4.79 Å². The topological polar surface area (TPSA) is 99.6 Å². The van der Waals surface area contributed by atoms with Gasteiger partial charge in [-0.25, -0.2) is 4.79 Å². The van der Waals surface area contributed by atoms with Gasteiger partial charge in [0.05, 0.1) is 18.9 Å². The van der Waals surface area contributed by atoms with Crippen molar-refractivity contribution in [2.45, 2.75) is 13.0 Å². The molecule has 0 fully saturated rings. The quantitative estimate of drug-likeness (QED) is 0.600. The maximum absolute atomic E-state index is 11.3. The Balaban J connectivity index is 2.70. The summed E-state index contributed by atoms with van der Waals surface area (Å²) in [6.45, 7) is 0.601. The molecule has 0 atom stereocenters. The van der Waals surface area contributed by atoms with Gasteiger partial charge in [0.15, 0.2) is 5.56 Å². The first-order valence-electron chi connectivity index (χ1n) is 4.39. The minimum atomic E-state index is -1.43. The summed E-state index contributed by atoms with van der Waals surface area (Å²) in [4.78, 5) is 24.4. The van der Waals surface area contributed by atoms with Crippen LogP contribution in [-0.2, 0) is 17.8 Å². The van der Waals surface area contributed by atoms with Crippen molar-refractivity contribution < 1.29 is 19.7 Å². The maximum atomic E-state index is 11.3. The van der Waals surface area contributed by atoms with E-state index in [1.165, 1.54) is 0 Å². The second-order valence-corrected chi connectivity index (χ2v) is 3.24. The summed E-state index contributed by atoms with van der Waals surface area (Å²) in [5.74, 6) is -1.87. The van der Waals surface area contributed by atoms with E-state index in [4.69, 9.17) is 9.84 Å². The number of nitrogens with one attached hydrogen (secondary N) is 1. The van der Waals surface area contributed by atoms with Gasteiger partial charge in [-0.3, -0.25) is 4.79 Å². The van der Waals surface area contributed by atoms with Gasteiger partial charge in [0.25, 0.3) is 5.56 Å². The average molecular weight is 211 g/mol. The van der Waals surface area contributed by atoms with Gasteiger partial charge in [-0.05, 0) is 0 Å². The van der Waals surface area contributed by atoms with Crippen LogP contribution in [0.5, 0.6) is 5.75 Å². The lowest BCUT2D eigenvalue weighted by Gasteiger charge is -2.17. The molecule has 0 unspecified atom stereocenters. The Hall–Kier alpha value is -1.82. The summed E-state index contributed by atoms with van der Waals surface area (Å²) < 4.78 is 5.08. The van der Waals surface area contributed by atoms with Gasteiger partial charge in [-0.15, -0.1) is 0 Å². The van der Waals surface area contributed by atoms with Gasteiger partial charge < -0.3 is 19.9 Å². The molecule has 6 nitrogen and oxygen atoms in total. The Bertz CT molecular complexity index is 476. The molecule has 0 saturated heterocycles. The van der Waals surface area contributed by atoms with E-state index in [9.17, 15) is 14.7 Å². The summed E-state index contributed by atoms with van der Waals surface area (Å²) in [6, 6.07) is 0. The van der Waals surface area contributed by atoms with Crippen LogP contribution >= 0.6 is 0 Å². The van der Waals surface area contributed by atoms with E-state index in [1.807, 2.05) is 0 Å². The second kappa shape index (κ2) is 3.39. The minimum absolute atomic E-state index is 0.192. The molecule has 0 spiro atoms. The zero-order valence-electron chi connectivity index (χ0n) is 7.74. The van der Waals surface area contributed by atoms with Gasteiger partial charge in [0.1, 0.15) is 5.75 Å². The zero-order valence-corrected chi connectivity index (χ0v) is 7.74. The molecule has 1 aromatic heterocycles. The van der Waals surface area contributed by atoms with Crippen LogP contribution in [-0.4, -0.2) is 27.8 Å². The normalized spacial score (nSPS) is 14.7. The third kappa shape index (κ3) is 1.48. The van der Waals surface area contributed by atoms with Crippen molar-refractivity contribution in [3.8, 4) is 5.75 Å². The highest BCUT2D eigenvalue weighted by atomic mass is 16.5. The summed E-state index contributed by atoms with van der Waals surface area (Å²) in [6.07, 6.45) is 0.401. The van der Waals surface area contributed by atoms with E-state index in [0.29, 0.717) is 24.3 Å². The summed E-state index contributed by atoms with van der Waals surface area (Å²) in [7, 11) is 0. The molecule has 0 saturated carbocycles. The lowest BCUT2D eigenvalue weighted by Crippen LogP contribution is -2.24. The Labute approximate surface area is 84.1 Å². The third-order valence-electron chi connectivity index (χ3n) is 2.34. The van der Waals surface area contributed by atoms with Gasteiger partial charge in [0.2, 0.25) is 0 Å². The average Bonchev–Trinajstić information content (AvgIpc) is 2.17. The van der Waals surface area contributed by atoms with Crippen LogP contribution in [0.25, 0.3) is 0 Å². The van der Waals surface area contributed by atoms with Crippen molar-refractivity contribution in [1.29, 1.82) is 0 Å². The Kier molecular flexibility index (Phi) is 2.20. The van der Waals surface area contributed by atoms with Crippen molar-refractivity contribution in [3.05, 3.63) is 27.2 Å². The first-order chi connectivity index (χ1) is 7.11. The van der Waals surface area contributed by atoms with Crippen molar-refractivity contribution in [3.63, 3.8) is 0 Å². The van der Waals surface area contributed by atoms with Crippen LogP contribution in [0, 0.1) is 0 Å². The lowest BCUT2D eigenvalue weighted by molar-refractivity contribution is 0.0688. The predicted octanol–water partition coefficient (Wildman–Crippen LogP) is -0.149. The largest absolute Gasteiger partial charge is 0.506 e. The fourth-order valence-corrected chi connectivity index (χ4v) is 1.62. The summed E-state index contributed by atoms with van der Waals surface area (Å²) in [5, 5.41) is 18.4. The molecule has 0 bridgehead atoms. The van der Waals surface area contributed by atoms with E-state index in [1.54, 1.807) is 0 Å². The number of H-pyrrole nitrogens is 1.